The van der Waals surface area contributed by atoms with Crippen molar-refractivity contribution in [3.63, 3.8) is 0 Å². The molecule has 1 aromatic carbocycles. The number of carbonyl (C=O) groups is 1. The summed E-state index contributed by atoms with van der Waals surface area (Å²) in [5, 5.41) is 7.15. The molecule has 0 radical (unpaired) electrons. The molecular weight excluding hydrogens is 304 g/mol. The molecule has 2 atom stereocenters. The van der Waals surface area contributed by atoms with Crippen molar-refractivity contribution in [3.8, 4) is 0 Å². The van der Waals surface area contributed by atoms with Gasteiger partial charge in [0, 0.05) is 12.1 Å². The first-order chi connectivity index (χ1) is 11.0. The van der Waals surface area contributed by atoms with E-state index in [1.54, 1.807) is 11.3 Å². The second kappa shape index (κ2) is 8.27. The number of carbonyl (C=O) groups excluding carboxylic acids is 1. The van der Waals surface area contributed by atoms with Crippen LogP contribution < -0.4 is 10.6 Å². The van der Waals surface area contributed by atoms with E-state index in [1.807, 2.05) is 13.8 Å². The lowest BCUT2D eigenvalue weighted by Crippen LogP contribution is -2.92. The molecule has 0 saturated carbocycles. The van der Waals surface area contributed by atoms with Crippen LogP contribution in [0.15, 0.2) is 41.8 Å². The van der Waals surface area contributed by atoms with E-state index in [9.17, 15) is 4.79 Å². The molecule has 0 unspecified atom stereocenters. The van der Waals surface area contributed by atoms with Crippen LogP contribution in [0.5, 0.6) is 0 Å². The van der Waals surface area contributed by atoms with E-state index in [0.717, 1.165) is 0 Å². The van der Waals surface area contributed by atoms with E-state index >= 15 is 0 Å². The van der Waals surface area contributed by atoms with Gasteiger partial charge in [-0.15, -0.1) is 11.3 Å². The van der Waals surface area contributed by atoms with Crippen LogP contribution in [0.2, 0.25) is 0 Å². The van der Waals surface area contributed by atoms with Gasteiger partial charge in [0.25, 0.3) is 5.91 Å². The maximum absolute atomic E-state index is 12.1. The minimum absolute atomic E-state index is 0.0906. The lowest BCUT2D eigenvalue weighted by atomic mass is 9.98. The topological polar surface area (TPSA) is 45.7 Å². The third-order valence-corrected chi connectivity index (χ3v) is 5.01. The minimum atomic E-state index is -0.119. The van der Waals surface area contributed by atoms with Gasteiger partial charge in [-0.1, -0.05) is 44.2 Å². The molecule has 3 nitrogen and oxygen atoms in total. The van der Waals surface area contributed by atoms with Gasteiger partial charge in [0.05, 0.1) is 4.88 Å². The van der Waals surface area contributed by atoms with Crippen LogP contribution in [0.3, 0.4) is 0 Å². The molecule has 1 amide bonds. The number of likely N-dealkylation sites (N-methyl/N-ethyl adjacent to an activating group) is 1. The van der Waals surface area contributed by atoms with Crippen LogP contribution in [0.1, 0.15) is 55.7 Å². The van der Waals surface area contributed by atoms with Crippen LogP contribution >= 0.6 is 11.3 Å². The Kier molecular flexibility index (Phi) is 6.37. The van der Waals surface area contributed by atoms with E-state index < -0.39 is 0 Å². The highest BCUT2D eigenvalue weighted by molar-refractivity contribution is 7.10. The van der Waals surface area contributed by atoms with Crippen molar-refractivity contribution in [3.05, 3.63) is 57.8 Å². The van der Waals surface area contributed by atoms with Gasteiger partial charge >= 0.3 is 0 Å². The predicted molar refractivity (Wildman–Crippen MR) is 96.8 cm³/mol. The van der Waals surface area contributed by atoms with Gasteiger partial charge < -0.3 is 10.6 Å². The standard InChI is InChI=1S/C19H26N2OS/c1-5-20-19(22)14(4)21-18(17-7-6-12-23-17)16-10-8-15(9-11-16)13(2)3/h6-14,18,21H,5H2,1-4H3,(H,20,22)/p+1/t14-,18+/m1/s1. The first-order valence-corrected chi connectivity index (χ1v) is 9.16. The highest BCUT2D eigenvalue weighted by Crippen LogP contribution is 2.24. The number of hydrogen-bond donors (Lipinski definition) is 2. The highest BCUT2D eigenvalue weighted by atomic mass is 32.1. The Bertz CT molecular complexity index is 605. The number of amides is 1. The molecule has 0 fully saturated rings. The number of rotatable bonds is 7. The van der Waals surface area contributed by atoms with E-state index in [0.29, 0.717) is 12.5 Å². The Morgan fingerprint density at radius 1 is 1.13 bits per heavy atom. The molecule has 23 heavy (non-hydrogen) atoms. The van der Waals surface area contributed by atoms with Crippen LogP contribution in [0.25, 0.3) is 0 Å². The normalized spacial score (nSPS) is 13.8. The molecule has 2 rings (SSSR count). The molecule has 1 heterocycles. The quantitative estimate of drug-likeness (QED) is 0.805. The zero-order valence-electron chi connectivity index (χ0n) is 14.4. The zero-order valence-corrected chi connectivity index (χ0v) is 15.2. The fourth-order valence-electron chi connectivity index (χ4n) is 2.64. The number of thiophene rings is 1. The number of hydrogen-bond acceptors (Lipinski definition) is 2. The van der Waals surface area contributed by atoms with Crippen LogP contribution in [0.4, 0.5) is 0 Å². The maximum Gasteiger partial charge on any atom is 0.277 e. The summed E-state index contributed by atoms with van der Waals surface area (Å²) >= 11 is 1.74. The maximum atomic E-state index is 12.1. The molecule has 0 aliphatic rings. The summed E-state index contributed by atoms with van der Waals surface area (Å²) in [6, 6.07) is 13.0. The minimum Gasteiger partial charge on any atom is -0.351 e. The Labute approximate surface area is 143 Å². The Morgan fingerprint density at radius 2 is 1.78 bits per heavy atom. The van der Waals surface area contributed by atoms with Crippen molar-refractivity contribution in [1.82, 2.24) is 5.32 Å². The summed E-state index contributed by atoms with van der Waals surface area (Å²) in [7, 11) is 0. The average molecular weight is 332 g/mol. The number of quaternary nitrogens is 1. The van der Waals surface area contributed by atoms with Gasteiger partial charge in [0.1, 0.15) is 6.04 Å². The smallest absolute Gasteiger partial charge is 0.277 e. The second-order valence-electron chi connectivity index (χ2n) is 6.19. The van der Waals surface area contributed by atoms with E-state index in [2.05, 4.69) is 66.3 Å². The molecule has 1 aromatic heterocycles. The largest absolute Gasteiger partial charge is 0.351 e. The Hall–Kier alpha value is -1.65. The van der Waals surface area contributed by atoms with Gasteiger partial charge in [0.15, 0.2) is 6.04 Å². The van der Waals surface area contributed by atoms with Crippen molar-refractivity contribution in [2.45, 2.75) is 45.7 Å². The SMILES string of the molecule is CCNC(=O)[C@@H](C)[NH2+][C@@H](c1ccc(C(C)C)cc1)c1cccs1. The molecular formula is C19H27N2OS+. The summed E-state index contributed by atoms with van der Waals surface area (Å²) in [6.07, 6.45) is 0. The summed E-state index contributed by atoms with van der Waals surface area (Å²) in [5.74, 6) is 0.621. The van der Waals surface area contributed by atoms with E-state index in [-0.39, 0.29) is 18.0 Å². The molecule has 0 bridgehead atoms. The molecule has 4 heteroatoms. The second-order valence-corrected chi connectivity index (χ2v) is 7.17. The molecule has 124 valence electrons. The predicted octanol–water partition coefficient (Wildman–Crippen LogP) is 3.05. The van der Waals surface area contributed by atoms with Crippen molar-refractivity contribution >= 4 is 17.2 Å². The number of nitrogens with two attached hydrogens (primary N) is 1. The van der Waals surface area contributed by atoms with Crippen LogP contribution in [-0.2, 0) is 4.79 Å². The Morgan fingerprint density at radius 3 is 2.30 bits per heavy atom. The number of benzene rings is 1. The zero-order chi connectivity index (χ0) is 16.8. The van der Waals surface area contributed by atoms with Crippen LogP contribution in [0, 0.1) is 0 Å². The van der Waals surface area contributed by atoms with Crippen LogP contribution in [-0.4, -0.2) is 18.5 Å². The van der Waals surface area contributed by atoms with Crippen molar-refractivity contribution in [1.29, 1.82) is 0 Å². The third-order valence-electron chi connectivity index (χ3n) is 4.06. The first-order valence-electron chi connectivity index (χ1n) is 8.28. The van der Waals surface area contributed by atoms with E-state index in [1.165, 1.54) is 16.0 Å². The third kappa shape index (κ3) is 4.66. The molecule has 0 spiro atoms. The number of nitrogens with one attached hydrogen (secondary N) is 1. The van der Waals surface area contributed by atoms with Gasteiger partial charge in [-0.25, -0.2) is 0 Å². The molecule has 3 N–H and O–H groups in total. The summed E-state index contributed by atoms with van der Waals surface area (Å²) in [4.78, 5) is 13.4. The molecule has 0 aliphatic carbocycles. The van der Waals surface area contributed by atoms with E-state index in [4.69, 9.17) is 0 Å². The van der Waals surface area contributed by atoms with Gasteiger partial charge in [-0.3, -0.25) is 4.79 Å². The van der Waals surface area contributed by atoms with Crippen molar-refractivity contribution in [2.75, 3.05) is 6.54 Å². The summed E-state index contributed by atoms with van der Waals surface area (Å²) < 4.78 is 0. The molecule has 2 aromatic rings. The average Bonchev–Trinajstić information content (AvgIpc) is 3.06. The fourth-order valence-corrected chi connectivity index (χ4v) is 3.47. The van der Waals surface area contributed by atoms with Gasteiger partial charge in [-0.2, -0.15) is 0 Å². The molecule has 0 aliphatic heterocycles. The Balaban J connectivity index is 2.23. The van der Waals surface area contributed by atoms with Crippen molar-refractivity contribution in [2.24, 2.45) is 0 Å². The monoisotopic (exact) mass is 331 g/mol. The molecule has 0 saturated heterocycles. The van der Waals surface area contributed by atoms with Gasteiger partial charge in [-0.05, 0) is 36.8 Å². The lowest BCUT2D eigenvalue weighted by Gasteiger charge is -2.19. The lowest BCUT2D eigenvalue weighted by molar-refractivity contribution is -0.704. The summed E-state index contributed by atoms with van der Waals surface area (Å²) in [5.41, 5.74) is 2.59. The fraction of sp³-hybridized carbons (Fsp3) is 0.421. The summed E-state index contributed by atoms with van der Waals surface area (Å²) in [6.45, 7) is 8.99. The van der Waals surface area contributed by atoms with Gasteiger partial charge in [0.2, 0.25) is 0 Å². The highest BCUT2D eigenvalue weighted by Gasteiger charge is 2.25. The van der Waals surface area contributed by atoms with Crippen molar-refractivity contribution < 1.29 is 10.1 Å². The first kappa shape index (κ1) is 17.7.